The van der Waals surface area contributed by atoms with Crippen molar-refractivity contribution in [2.45, 2.75) is 105 Å². The van der Waals surface area contributed by atoms with Gasteiger partial charge in [0.15, 0.2) is 0 Å². The molecule has 7 nitrogen and oxygen atoms in total. The fourth-order valence-electron chi connectivity index (χ4n) is 3.80. The Morgan fingerprint density at radius 3 is 2.34 bits per heavy atom. The molecule has 3 aromatic rings. The first kappa shape index (κ1) is 34.6. The van der Waals surface area contributed by atoms with Crippen molar-refractivity contribution >= 4 is 62.4 Å². The molecule has 2 amide bonds. The number of alkyl carbamates (subject to hydrolysis) is 1. The van der Waals surface area contributed by atoms with Crippen LogP contribution in [0.3, 0.4) is 0 Å². The monoisotopic (exact) mass is 621 g/mol. The largest absolute Gasteiger partial charge is 0.444 e. The number of amides is 2. The molecule has 0 fully saturated rings. The molecule has 0 aromatic carbocycles. The zero-order chi connectivity index (χ0) is 30.8. The van der Waals surface area contributed by atoms with E-state index in [0.29, 0.717) is 11.7 Å². The Labute approximate surface area is 257 Å². The number of hydrogen-bond donors (Lipinski definition) is 1. The van der Waals surface area contributed by atoms with E-state index in [1.54, 1.807) is 33.6 Å². The standard InChI is InChI=1S/C18H19ClN2O2S2.C11H19NO2.C2H6/c1-11-10-25-16-13(8-14(19)20-15(11)16)21(9-12-6-5-7-24-12)17(22)23-18(2,3)4;1-11(2,3)14-10(13)12-9-7-5-4-6-8-9;1-2/h5-8,10H,9H2,1-4H3;4-5,9H,6-8H2,1-3H3,(H,12,13);1-2H3/t;9-;/m.0./s1. The van der Waals surface area contributed by atoms with E-state index >= 15 is 0 Å². The van der Waals surface area contributed by atoms with Crippen LogP contribution in [0.4, 0.5) is 15.3 Å². The van der Waals surface area contributed by atoms with E-state index in [4.69, 9.17) is 21.1 Å². The molecule has 0 spiro atoms. The molecule has 1 aliphatic carbocycles. The van der Waals surface area contributed by atoms with Gasteiger partial charge in [-0.25, -0.2) is 14.6 Å². The average molecular weight is 622 g/mol. The highest BCUT2D eigenvalue weighted by molar-refractivity contribution is 7.18. The molecule has 4 rings (SSSR count). The number of hydrogen-bond acceptors (Lipinski definition) is 7. The Morgan fingerprint density at radius 1 is 1.10 bits per heavy atom. The number of nitrogens with one attached hydrogen (secondary N) is 1. The lowest BCUT2D eigenvalue weighted by molar-refractivity contribution is 0.0500. The molecule has 3 heterocycles. The predicted octanol–water partition coefficient (Wildman–Crippen LogP) is 9.91. The third kappa shape index (κ3) is 11.6. The van der Waals surface area contributed by atoms with E-state index in [-0.39, 0.29) is 12.1 Å². The highest BCUT2D eigenvalue weighted by Crippen LogP contribution is 2.36. The summed E-state index contributed by atoms with van der Waals surface area (Å²) in [7, 11) is 0. The molecule has 0 aliphatic heterocycles. The number of aryl methyl sites for hydroxylation is 1. The molecular weight excluding hydrogens is 578 g/mol. The van der Waals surface area contributed by atoms with E-state index in [1.807, 2.05) is 85.2 Å². The minimum atomic E-state index is -0.577. The van der Waals surface area contributed by atoms with Crippen molar-refractivity contribution in [2.24, 2.45) is 0 Å². The first-order valence-corrected chi connectivity index (χ1v) is 16.1. The second-order valence-corrected chi connectivity index (χ2v) is 13.6. The lowest BCUT2D eigenvalue weighted by atomic mass is 10.0. The second-order valence-electron chi connectivity index (χ2n) is 11.3. The zero-order valence-electron chi connectivity index (χ0n) is 25.7. The number of aromatic nitrogens is 1. The van der Waals surface area contributed by atoms with Gasteiger partial charge in [0.25, 0.3) is 0 Å². The van der Waals surface area contributed by atoms with Gasteiger partial charge in [0.2, 0.25) is 0 Å². The van der Waals surface area contributed by atoms with Gasteiger partial charge in [-0.1, -0.05) is 43.7 Å². The van der Waals surface area contributed by atoms with Gasteiger partial charge in [-0.05, 0) is 90.1 Å². The maximum Gasteiger partial charge on any atom is 0.415 e. The van der Waals surface area contributed by atoms with E-state index in [0.717, 1.165) is 45.6 Å². The Morgan fingerprint density at radius 2 is 1.78 bits per heavy atom. The summed E-state index contributed by atoms with van der Waals surface area (Å²) in [5.74, 6) is 0. The van der Waals surface area contributed by atoms with Gasteiger partial charge in [-0.2, -0.15) is 0 Å². The smallest absolute Gasteiger partial charge is 0.415 e. The summed E-state index contributed by atoms with van der Waals surface area (Å²) in [6, 6.07) is 5.95. The van der Waals surface area contributed by atoms with Crippen molar-refractivity contribution < 1.29 is 19.1 Å². The van der Waals surface area contributed by atoms with Crippen LogP contribution in [0.15, 0.2) is 41.1 Å². The number of ether oxygens (including phenoxy) is 2. The maximum atomic E-state index is 12.9. The quantitative estimate of drug-likeness (QED) is 0.232. The van der Waals surface area contributed by atoms with Crippen LogP contribution in [-0.4, -0.2) is 34.4 Å². The topological polar surface area (TPSA) is 80.8 Å². The van der Waals surface area contributed by atoms with Crippen LogP contribution < -0.4 is 10.2 Å². The minimum Gasteiger partial charge on any atom is -0.444 e. The Balaban J connectivity index is 0.000000312. The number of allylic oxidation sites excluding steroid dienone is 1. The highest BCUT2D eigenvalue weighted by atomic mass is 35.5. The molecule has 10 heteroatoms. The number of fused-ring (bicyclic) bond motifs is 1. The van der Waals surface area contributed by atoms with Crippen LogP contribution in [0.1, 0.15) is 85.1 Å². The summed E-state index contributed by atoms with van der Waals surface area (Å²) in [5.41, 5.74) is 1.62. The molecule has 41 heavy (non-hydrogen) atoms. The summed E-state index contributed by atoms with van der Waals surface area (Å²) in [6.07, 6.45) is 6.52. The molecule has 1 aliphatic rings. The van der Waals surface area contributed by atoms with Crippen LogP contribution in [-0.2, 0) is 16.0 Å². The molecule has 226 valence electrons. The van der Waals surface area contributed by atoms with Crippen LogP contribution >= 0.6 is 34.3 Å². The maximum absolute atomic E-state index is 12.9. The Kier molecular flexibility index (Phi) is 13.1. The molecule has 0 radical (unpaired) electrons. The Hall–Kier alpha value is -2.62. The fourth-order valence-corrected chi connectivity index (χ4v) is 5.69. The number of carbonyl (C=O) groups excluding carboxylic acids is 2. The Bertz CT molecular complexity index is 1290. The zero-order valence-corrected chi connectivity index (χ0v) is 28.1. The molecule has 1 N–H and O–H groups in total. The van der Waals surface area contributed by atoms with Gasteiger partial charge in [0.1, 0.15) is 16.4 Å². The van der Waals surface area contributed by atoms with Crippen molar-refractivity contribution in [1.29, 1.82) is 0 Å². The lowest BCUT2D eigenvalue weighted by Gasteiger charge is -2.27. The van der Waals surface area contributed by atoms with E-state index < -0.39 is 17.3 Å². The van der Waals surface area contributed by atoms with Gasteiger partial charge >= 0.3 is 12.2 Å². The number of halogens is 1. The van der Waals surface area contributed by atoms with Crippen molar-refractivity contribution in [3.05, 3.63) is 56.7 Å². The second kappa shape index (κ2) is 15.6. The summed E-state index contributed by atoms with van der Waals surface area (Å²) >= 11 is 9.39. The minimum absolute atomic E-state index is 0.245. The van der Waals surface area contributed by atoms with Crippen molar-refractivity contribution in [2.75, 3.05) is 4.90 Å². The van der Waals surface area contributed by atoms with Gasteiger partial charge < -0.3 is 14.8 Å². The molecule has 0 saturated heterocycles. The SMILES string of the molecule is CC.CC(C)(C)OC(=O)N[C@H]1CC=CCC1.Cc1csc2c(N(Cc3cccs3)C(=O)OC(C)(C)C)cc(Cl)nc12. The first-order valence-electron chi connectivity index (χ1n) is 13.9. The van der Waals surface area contributed by atoms with Crippen LogP contribution in [0, 0.1) is 6.92 Å². The van der Waals surface area contributed by atoms with Gasteiger partial charge in [-0.3, -0.25) is 4.90 Å². The predicted molar refractivity (Wildman–Crippen MR) is 174 cm³/mol. The molecule has 3 aromatic heterocycles. The normalized spacial score (nSPS) is 14.7. The molecule has 0 bridgehead atoms. The van der Waals surface area contributed by atoms with Gasteiger partial charge in [0.05, 0.1) is 22.4 Å². The van der Waals surface area contributed by atoms with Crippen molar-refractivity contribution in [3.8, 4) is 0 Å². The summed E-state index contributed by atoms with van der Waals surface area (Å²) < 4.78 is 11.7. The number of nitrogens with zero attached hydrogens (tertiary/aromatic N) is 2. The van der Waals surface area contributed by atoms with Gasteiger partial charge in [0, 0.05) is 17.0 Å². The van der Waals surface area contributed by atoms with Crippen LogP contribution in [0.25, 0.3) is 10.2 Å². The van der Waals surface area contributed by atoms with E-state index in [9.17, 15) is 9.59 Å². The van der Waals surface area contributed by atoms with Crippen LogP contribution in [0.5, 0.6) is 0 Å². The molecule has 0 saturated carbocycles. The first-order chi connectivity index (χ1) is 19.2. The van der Waals surface area contributed by atoms with E-state index in [2.05, 4.69) is 22.5 Å². The lowest BCUT2D eigenvalue weighted by Crippen LogP contribution is -2.39. The van der Waals surface area contributed by atoms with Crippen molar-refractivity contribution in [1.82, 2.24) is 10.3 Å². The number of carbonyl (C=O) groups is 2. The summed E-state index contributed by atoms with van der Waals surface area (Å²) in [5, 5.41) is 7.24. The van der Waals surface area contributed by atoms with Crippen LogP contribution in [0.2, 0.25) is 5.15 Å². The summed E-state index contributed by atoms with van der Waals surface area (Å²) in [4.78, 5) is 31.4. The fraction of sp³-hybridized carbons (Fsp3) is 0.516. The van der Waals surface area contributed by atoms with Crippen molar-refractivity contribution in [3.63, 3.8) is 0 Å². The molecule has 1 atom stereocenters. The number of rotatable bonds is 4. The van der Waals surface area contributed by atoms with E-state index in [1.165, 1.54) is 0 Å². The molecule has 0 unspecified atom stereocenters. The average Bonchev–Trinajstić information content (AvgIpc) is 3.52. The highest BCUT2D eigenvalue weighted by Gasteiger charge is 2.27. The van der Waals surface area contributed by atoms with Gasteiger partial charge in [-0.15, -0.1) is 22.7 Å². The third-order valence-corrected chi connectivity index (χ3v) is 7.60. The number of anilines is 1. The number of pyridine rings is 1. The third-order valence-electron chi connectivity index (χ3n) is 5.44. The summed E-state index contributed by atoms with van der Waals surface area (Å²) in [6.45, 7) is 17.6. The molecular formula is C31H44ClN3O4S2. The number of thiophene rings is 2.